The first kappa shape index (κ1) is 14.8. The molecule has 2 aromatic heterocycles. The van der Waals surface area contributed by atoms with Crippen molar-refractivity contribution in [2.45, 2.75) is 37.6 Å². The van der Waals surface area contributed by atoms with Gasteiger partial charge in [0.1, 0.15) is 0 Å². The average Bonchev–Trinajstić information content (AvgIpc) is 2.99. The third-order valence-corrected chi connectivity index (χ3v) is 6.79. The lowest BCUT2D eigenvalue weighted by atomic mass is 9.94. The smallest absolute Gasteiger partial charge is 0.262 e. The molecule has 1 aliphatic rings. The second kappa shape index (κ2) is 5.58. The number of nitrogen functional groups attached to an aromatic ring is 1. The van der Waals surface area contributed by atoms with Gasteiger partial charge in [0.2, 0.25) is 0 Å². The SMILES string of the molecule is CCCC1CCN(S(=O)(=O)c2c(N)nc3sccn23)CC1. The molecular weight excluding hydrogens is 308 g/mol. The van der Waals surface area contributed by atoms with Crippen molar-refractivity contribution >= 4 is 32.1 Å². The van der Waals surface area contributed by atoms with Crippen molar-refractivity contribution in [2.24, 2.45) is 5.92 Å². The van der Waals surface area contributed by atoms with Crippen LogP contribution in [0.15, 0.2) is 16.6 Å². The fourth-order valence-corrected chi connectivity index (χ4v) is 5.43. The predicted molar refractivity (Wildman–Crippen MR) is 83.9 cm³/mol. The van der Waals surface area contributed by atoms with Gasteiger partial charge in [0, 0.05) is 24.7 Å². The fourth-order valence-electron chi connectivity index (χ4n) is 3.01. The van der Waals surface area contributed by atoms with Gasteiger partial charge in [-0.2, -0.15) is 4.31 Å². The average molecular weight is 328 g/mol. The summed E-state index contributed by atoms with van der Waals surface area (Å²) in [7, 11) is -3.57. The van der Waals surface area contributed by atoms with Crippen LogP contribution in [-0.2, 0) is 10.0 Å². The highest BCUT2D eigenvalue weighted by Gasteiger charge is 2.33. The van der Waals surface area contributed by atoms with Crippen molar-refractivity contribution < 1.29 is 8.42 Å². The fraction of sp³-hybridized carbons (Fsp3) is 0.615. The first-order valence-electron chi connectivity index (χ1n) is 7.25. The summed E-state index contributed by atoms with van der Waals surface area (Å²) in [5.41, 5.74) is 5.83. The molecule has 116 valence electrons. The van der Waals surface area contributed by atoms with E-state index in [4.69, 9.17) is 5.73 Å². The number of hydrogen-bond acceptors (Lipinski definition) is 5. The highest BCUT2D eigenvalue weighted by Crippen LogP contribution is 2.30. The van der Waals surface area contributed by atoms with Crippen LogP contribution in [0, 0.1) is 5.92 Å². The minimum absolute atomic E-state index is 0.0949. The molecule has 1 fully saturated rings. The first-order valence-corrected chi connectivity index (χ1v) is 9.57. The van der Waals surface area contributed by atoms with Crippen LogP contribution < -0.4 is 5.73 Å². The topological polar surface area (TPSA) is 80.7 Å². The van der Waals surface area contributed by atoms with Gasteiger partial charge in [-0.3, -0.25) is 4.40 Å². The molecule has 0 aliphatic carbocycles. The van der Waals surface area contributed by atoms with Crippen LogP contribution in [0.1, 0.15) is 32.6 Å². The van der Waals surface area contributed by atoms with Gasteiger partial charge in [-0.15, -0.1) is 11.3 Å². The zero-order valence-corrected chi connectivity index (χ0v) is 13.7. The maximum absolute atomic E-state index is 12.8. The third kappa shape index (κ3) is 2.56. The van der Waals surface area contributed by atoms with Gasteiger partial charge < -0.3 is 5.73 Å². The molecule has 0 amide bonds. The molecule has 0 saturated carbocycles. The molecule has 0 spiro atoms. The number of rotatable bonds is 4. The number of anilines is 1. The maximum atomic E-state index is 12.8. The Morgan fingerprint density at radius 1 is 1.43 bits per heavy atom. The Balaban J connectivity index is 1.88. The van der Waals surface area contributed by atoms with Gasteiger partial charge in [0.05, 0.1) is 0 Å². The van der Waals surface area contributed by atoms with Crippen LogP contribution in [-0.4, -0.2) is 35.2 Å². The number of nitrogens with two attached hydrogens (primary N) is 1. The normalized spacial score (nSPS) is 18.5. The standard InChI is InChI=1S/C13H20N4O2S2/c1-2-3-10-4-6-16(7-5-10)21(18,19)12-11(14)15-13-17(12)8-9-20-13/h8-10H,2-7,14H2,1H3. The van der Waals surface area contributed by atoms with Gasteiger partial charge in [-0.05, 0) is 18.8 Å². The quantitative estimate of drug-likeness (QED) is 0.933. The van der Waals surface area contributed by atoms with E-state index in [1.165, 1.54) is 17.8 Å². The van der Waals surface area contributed by atoms with Crippen LogP contribution in [0.3, 0.4) is 0 Å². The van der Waals surface area contributed by atoms with Crippen molar-refractivity contribution in [2.75, 3.05) is 18.8 Å². The van der Waals surface area contributed by atoms with Crippen LogP contribution in [0.2, 0.25) is 0 Å². The van der Waals surface area contributed by atoms with Gasteiger partial charge in [0.15, 0.2) is 15.8 Å². The molecule has 1 saturated heterocycles. The number of hydrogen-bond donors (Lipinski definition) is 1. The number of imidazole rings is 1. The largest absolute Gasteiger partial charge is 0.381 e. The van der Waals surface area contributed by atoms with Crippen molar-refractivity contribution in [1.82, 2.24) is 13.7 Å². The predicted octanol–water partition coefficient (Wildman–Crippen LogP) is 2.18. The van der Waals surface area contributed by atoms with E-state index in [1.807, 2.05) is 5.38 Å². The summed E-state index contributed by atoms with van der Waals surface area (Å²) < 4.78 is 28.8. The number of aromatic nitrogens is 2. The van der Waals surface area contributed by atoms with E-state index >= 15 is 0 Å². The van der Waals surface area contributed by atoms with E-state index in [2.05, 4.69) is 11.9 Å². The molecule has 3 rings (SSSR count). The van der Waals surface area contributed by atoms with Crippen molar-refractivity contribution in [3.8, 4) is 0 Å². The van der Waals surface area contributed by atoms with Gasteiger partial charge in [0.25, 0.3) is 10.0 Å². The van der Waals surface area contributed by atoms with E-state index in [1.54, 1.807) is 14.9 Å². The lowest BCUT2D eigenvalue weighted by molar-refractivity contribution is 0.262. The highest BCUT2D eigenvalue weighted by molar-refractivity contribution is 7.89. The number of nitrogens with zero attached hydrogens (tertiary/aromatic N) is 3. The minimum atomic E-state index is -3.57. The number of piperidine rings is 1. The Morgan fingerprint density at radius 3 is 2.81 bits per heavy atom. The number of sulfonamides is 1. The second-order valence-corrected chi connectivity index (χ2v) is 8.22. The van der Waals surface area contributed by atoms with Crippen molar-refractivity contribution in [3.63, 3.8) is 0 Å². The van der Waals surface area contributed by atoms with Crippen LogP contribution in [0.4, 0.5) is 5.82 Å². The van der Waals surface area contributed by atoms with Crippen LogP contribution >= 0.6 is 11.3 Å². The summed E-state index contributed by atoms with van der Waals surface area (Å²) in [6.45, 7) is 3.32. The zero-order valence-electron chi connectivity index (χ0n) is 12.0. The van der Waals surface area contributed by atoms with E-state index in [0.717, 1.165) is 19.3 Å². The van der Waals surface area contributed by atoms with Crippen LogP contribution in [0.5, 0.6) is 0 Å². The highest BCUT2D eigenvalue weighted by atomic mass is 32.2. The van der Waals surface area contributed by atoms with Crippen molar-refractivity contribution in [1.29, 1.82) is 0 Å². The maximum Gasteiger partial charge on any atom is 0.262 e. The van der Waals surface area contributed by atoms with E-state index in [-0.39, 0.29) is 10.8 Å². The van der Waals surface area contributed by atoms with Gasteiger partial charge >= 0.3 is 0 Å². The molecule has 0 atom stereocenters. The Kier molecular flexibility index (Phi) is 3.94. The Hall–Kier alpha value is -1.12. The summed E-state index contributed by atoms with van der Waals surface area (Å²) in [6, 6.07) is 0. The number of thiazole rings is 1. The summed E-state index contributed by atoms with van der Waals surface area (Å²) in [5.74, 6) is 0.739. The second-order valence-electron chi connectivity index (χ2n) is 5.49. The van der Waals surface area contributed by atoms with Gasteiger partial charge in [-0.1, -0.05) is 19.8 Å². The number of fused-ring (bicyclic) bond motifs is 1. The first-order chi connectivity index (χ1) is 10.0. The zero-order chi connectivity index (χ0) is 15.0. The molecule has 0 radical (unpaired) electrons. The Bertz CT molecular complexity index is 727. The summed E-state index contributed by atoms with van der Waals surface area (Å²) in [6.07, 6.45) is 5.90. The molecule has 0 bridgehead atoms. The Morgan fingerprint density at radius 2 is 2.14 bits per heavy atom. The van der Waals surface area contributed by atoms with Gasteiger partial charge in [-0.25, -0.2) is 13.4 Å². The van der Waals surface area contributed by atoms with Crippen LogP contribution in [0.25, 0.3) is 4.96 Å². The molecule has 0 unspecified atom stereocenters. The van der Waals surface area contributed by atoms with Crippen molar-refractivity contribution in [3.05, 3.63) is 11.6 Å². The van der Waals surface area contributed by atoms with E-state index in [0.29, 0.717) is 24.0 Å². The summed E-state index contributed by atoms with van der Waals surface area (Å²) in [4.78, 5) is 4.75. The lowest BCUT2D eigenvalue weighted by Gasteiger charge is -2.30. The molecule has 6 nitrogen and oxygen atoms in total. The summed E-state index contributed by atoms with van der Waals surface area (Å²) in [5, 5.41) is 1.93. The molecule has 2 N–H and O–H groups in total. The monoisotopic (exact) mass is 328 g/mol. The van der Waals surface area contributed by atoms with E-state index in [9.17, 15) is 8.42 Å². The molecule has 2 aromatic rings. The third-order valence-electron chi connectivity index (χ3n) is 4.10. The molecule has 8 heteroatoms. The Labute approximate surface area is 128 Å². The molecule has 0 aromatic carbocycles. The summed E-state index contributed by atoms with van der Waals surface area (Å²) >= 11 is 1.38. The molecular formula is C13H20N4O2S2. The molecule has 3 heterocycles. The van der Waals surface area contributed by atoms with E-state index < -0.39 is 10.0 Å². The lowest BCUT2D eigenvalue weighted by Crippen LogP contribution is -2.39. The molecule has 21 heavy (non-hydrogen) atoms. The minimum Gasteiger partial charge on any atom is -0.381 e. The molecule has 1 aliphatic heterocycles.